The molecule has 0 N–H and O–H groups in total. The maximum Gasteiger partial charge on any atom is 0.143 e. The lowest BCUT2D eigenvalue weighted by Gasteiger charge is -2.18. The van der Waals surface area contributed by atoms with E-state index in [1.54, 1.807) is 0 Å². The van der Waals surface area contributed by atoms with E-state index in [-0.39, 0.29) is 0 Å². The minimum absolute atomic E-state index is 0.871. The molecule has 242 valence electrons. The highest BCUT2D eigenvalue weighted by Gasteiger charge is 2.21. The maximum absolute atomic E-state index is 6.73. The molecule has 0 amide bonds. The zero-order chi connectivity index (χ0) is 34.2. The third-order valence-corrected chi connectivity index (χ3v) is 10.7. The molecule has 2 aromatic heterocycles. The molecular weight excluding hydrogens is 633 g/mol. The normalized spacial score (nSPS) is 11.8. The number of benzene rings is 9. The summed E-state index contributed by atoms with van der Waals surface area (Å²) in [6.07, 6.45) is 0. The van der Waals surface area contributed by atoms with Gasteiger partial charge < -0.3 is 8.83 Å². The lowest BCUT2D eigenvalue weighted by molar-refractivity contribution is 0.669. The molecule has 0 radical (unpaired) electrons. The van der Waals surface area contributed by atoms with Crippen LogP contribution in [0.15, 0.2) is 191 Å². The molecule has 9 aromatic carbocycles. The van der Waals surface area contributed by atoms with E-state index in [0.29, 0.717) is 0 Å². The first kappa shape index (κ1) is 28.9. The van der Waals surface area contributed by atoms with Gasteiger partial charge in [-0.25, -0.2) is 0 Å². The summed E-state index contributed by atoms with van der Waals surface area (Å²) in [7, 11) is 0. The smallest absolute Gasteiger partial charge is 0.143 e. The molecule has 0 unspecified atom stereocenters. The van der Waals surface area contributed by atoms with Crippen LogP contribution in [0.5, 0.6) is 0 Å². The summed E-state index contributed by atoms with van der Waals surface area (Å²) in [5.74, 6) is 0. The Morgan fingerprint density at radius 2 is 0.712 bits per heavy atom. The molecule has 2 nitrogen and oxygen atoms in total. The molecule has 11 aromatic rings. The highest BCUT2D eigenvalue weighted by Crippen LogP contribution is 2.46. The van der Waals surface area contributed by atoms with Gasteiger partial charge in [-0.2, -0.15) is 0 Å². The lowest BCUT2D eigenvalue weighted by Crippen LogP contribution is -1.91. The third kappa shape index (κ3) is 4.25. The van der Waals surface area contributed by atoms with E-state index < -0.39 is 0 Å². The molecule has 2 heterocycles. The summed E-state index contributed by atoms with van der Waals surface area (Å²) in [5.41, 5.74) is 12.8. The Labute approximate surface area is 299 Å². The Hall–Kier alpha value is -6.90. The monoisotopic (exact) mass is 662 g/mol. The van der Waals surface area contributed by atoms with E-state index in [2.05, 4.69) is 164 Å². The molecule has 0 spiro atoms. The lowest BCUT2D eigenvalue weighted by atomic mass is 9.85. The van der Waals surface area contributed by atoms with Gasteiger partial charge in [-0.1, -0.05) is 164 Å². The molecule has 52 heavy (non-hydrogen) atoms. The number of fused-ring (bicyclic) bond motifs is 8. The van der Waals surface area contributed by atoms with Crippen molar-refractivity contribution in [3.05, 3.63) is 182 Å². The maximum atomic E-state index is 6.73. The fraction of sp³-hybridized carbons (Fsp3) is 0. The first-order chi connectivity index (χ1) is 25.8. The van der Waals surface area contributed by atoms with Crippen molar-refractivity contribution in [3.63, 3.8) is 0 Å². The molecule has 0 saturated carbocycles. The molecule has 0 aliphatic heterocycles. The molecule has 0 aliphatic rings. The molecule has 0 aliphatic carbocycles. The average Bonchev–Trinajstić information content (AvgIpc) is 3.79. The topological polar surface area (TPSA) is 26.3 Å². The first-order valence-electron chi connectivity index (χ1n) is 17.8. The molecule has 0 saturated heterocycles. The van der Waals surface area contributed by atoms with Gasteiger partial charge in [0, 0.05) is 32.7 Å². The zero-order valence-corrected chi connectivity index (χ0v) is 28.1. The molecule has 0 bridgehead atoms. The van der Waals surface area contributed by atoms with Crippen LogP contribution in [-0.4, -0.2) is 0 Å². The summed E-state index contributed by atoms with van der Waals surface area (Å²) in [6, 6.07) is 64.9. The molecular formula is C50H30O2. The number of para-hydroxylation sites is 3. The van der Waals surface area contributed by atoms with Crippen molar-refractivity contribution >= 4 is 65.4 Å². The minimum atomic E-state index is 0.871. The minimum Gasteiger partial charge on any atom is -0.455 e. The van der Waals surface area contributed by atoms with Crippen LogP contribution in [0.3, 0.4) is 0 Å². The van der Waals surface area contributed by atoms with Gasteiger partial charge in [-0.05, 0) is 73.1 Å². The van der Waals surface area contributed by atoms with Gasteiger partial charge in [0.25, 0.3) is 0 Å². The first-order valence-corrected chi connectivity index (χ1v) is 17.8. The van der Waals surface area contributed by atoms with E-state index in [4.69, 9.17) is 8.83 Å². The SMILES string of the molecule is c1ccc(-c2c3ccccc3c(-c3ccc(-c4ccc(-c5cccc6c5oc5ccccc56)c5c4oc4ccccc45)cc3)c3ccccc23)cc1. The molecule has 0 atom stereocenters. The van der Waals surface area contributed by atoms with Crippen molar-refractivity contribution in [2.24, 2.45) is 0 Å². The van der Waals surface area contributed by atoms with Crippen LogP contribution in [0.2, 0.25) is 0 Å². The van der Waals surface area contributed by atoms with Crippen molar-refractivity contribution in [1.82, 2.24) is 0 Å². The third-order valence-electron chi connectivity index (χ3n) is 10.7. The van der Waals surface area contributed by atoms with Gasteiger partial charge in [0.1, 0.15) is 22.3 Å². The van der Waals surface area contributed by atoms with Crippen LogP contribution in [0.4, 0.5) is 0 Å². The molecule has 11 rings (SSSR count). The fourth-order valence-electron chi connectivity index (χ4n) is 8.41. The van der Waals surface area contributed by atoms with Crippen LogP contribution in [0, 0.1) is 0 Å². The zero-order valence-electron chi connectivity index (χ0n) is 28.1. The van der Waals surface area contributed by atoms with Gasteiger partial charge in [0.2, 0.25) is 0 Å². The highest BCUT2D eigenvalue weighted by molar-refractivity contribution is 6.22. The van der Waals surface area contributed by atoms with Gasteiger partial charge in [0.15, 0.2) is 0 Å². The van der Waals surface area contributed by atoms with Crippen LogP contribution < -0.4 is 0 Å². The van der Waals surface area contributed by atoms with Gasteiger partial charge in [-0.15, -0.1) is 0 Å². The quantitative estimate of drug-likeness (QED) is 0.175. The van der Waals surface area contributed by atoms with Crippen molar-refractivity contribution in [2.45, 2.75) is 0 Å². The summed E-state index contributed by atoms with van der Waals surface area (Å²) < 4.78 is 13.2. The second-order valence-electron chi connectivity index (χ2n) is 13.5. The van der Waals surface area contributed by atoms with E-state index in [1.165, 1.54) is 43.8 Å². The standard InChI is InChI=1S/C50H30O2/c1-2-13-32(14-3-1)46-36-16-4-6-18-38(36)47(39-19-7-5-17-37(39)46)33-27-25-31(26-28-33)34-29-30-40(48-43-20-9-11-24-45(43)52-50(34)48)42-22-12-21-41-35-15-8-10-23-44(35)51-49(41)42/h1-30H. The van der Waals surface area contributed by atoms with E-state index in [1.807, 2.05) is 18.2 Å². The fourth-order valence-corrected chi connectivity index (χ4v) is 8.41. The molecule has 2 heteroatoms. The van der Waals surface area contributed by atoms with Crippen molar-refractivity contribution in [1.29, 1.82) is 0 Å². The summed E-state index contributed by atoms with van der Waals surface area (Å²) in [5, 5.41) is 9.43. The van der Waals surface area contributed by atoms with Crippen molar-refractivity contribution in [2.75, 3.05) is 0 Å². The summed E-state index contributed by atoms with van der Waals surface area (Å²) in [6.45, 7) is 0. The molecule has 0 fully saturated rings. The van der Waals surface area contributed by atoms with Crippen LogP contribution in [-0.2, 0) is 0 Å². The van der Waals surface area contributed by atoms with Crippen LogP contribution in [0.25, 0.3) is 110 Å². The Bertz CT molecular complexity index is 3100. The Kier molecular flexibility index (Phi) is 6.28. The van der Waals surface area contributed by atoms with E-state index >= 15 is 0 Å². The van der Waals surface area contributed by atoms with Crippen molar-refractivity contribution in [3.8, 4) is 44.5 Å². The predicted molar refractivity (Wildman–Crippen MR) is 218 cm³/mol. The van der Waals surface area contributed by atoms with Crippen molar-refractivity contribution < 1.29 is 8.83 Å². The highest BCUT2D eigenvalue weighted by atomic mass is 16.3. The second-order valence-corrected chi connectivity index (χ2v) is 13.5. The average molecular weight is 663 g/mol. The Morgan fingerprint density at radius 1 is 0.250 bits per heavy atom. The van der Waals surface area contributed by atoms with E-state index in [0.717, 1.165) is 66.1 Å². The second kappa shape index (κ2) is 11.3. The van der Waals surface area contributed by atoms with Gasteiger partial charge >= 0.3 is 0 Å². The summed E-state index contributed by atoms with van der Waals surface area (Å²) in [4.78, 5) is 0. The Balaban J connectivity index is 1.11. The van der Waals surface area contributed by atoms with Crippen LogP contribution >= 0.6 is 0 Å². The number of rotatable bonds is 4. The number of hydrogen-bond donors (Lipinski definition) is 0. The van der Waals surface area contributed by atoms with Gasteiger partial charge in [0.05, 0.1) is 0 Å². The largest absolute Gasteiger partial charge is 0.455 e. The van der Waals surface area contributed by atoms with Gasteiger partial charge in [-0.3, -0.25) is 0 Å². The number of hydrogen-bond acceptors (Lipinski definition) is 2. The summed E-state index contributed by atoms with van der Waals surface area (Å²) >= 11 is 0. The van der Waals surface area contributed by atoms with Crippen LogP contribution in [0.1, 0.15) is 0 Å². The predicted octanol–water partition coefficient (Wildman–Crippen LogP) is 14.5. The Morgan fingerprint density at radius 3 is 1.37 bits per heavy atom. The number of furan rings is 2. The van der Waals surface area contributed by atoms with E-state index in [9.17, 15) is 0 Å².